The van der Waals surface area contributed by atoms with Gasteiger partial charge in [-0.15, -0.1) is 0 Å². The van der Waals surface area contributed by atoms with Crippen LogP contribution in [0.25, 0.3) is 5.76 Å². The molecule has 1 heterocycles. The van der Waals surface area contributed by atoms with Crippen LogP contribution in [0.3, 0.4) is 0 Å². The number of carbonyl (C=O) groups excluding carboxylic acids is 2. The number of ketones is 1. The summed E-state index contributed by atoms with van der Waals surface area (Å²) in [5.74, 6) is -0.550. The summed E-state index contributed by atoms with van der Waals surface area (Å²) in [6.07, 6.45) is 1.52. The molecule has 0 aliphatic carbocycles. The molecule has 0 bridgehead atoms. The van der Waals surface area contributed by atoms with E-state index in [1.165, 1.54) is 7.11 Å². The average molecular weight is 438 g/mol. The van der Waals surface area contributed by atoms with Crippen LogP contribution in [0, 0.1) is 6.92 Å². The summed E-state index contributed by atoms with van der Waals surface area (Å²) in [5, 5.41) is 11.4. The fourth-order valence-electron chi connectivity index (χ4n) is 3.98. The van der Waals surface area contributed by atoms with Gasteiger partial charge in [-0.25, -0.2) is 0 Å². The molecule has 1 atom stereocenters. The van der Waals surface area contributed by atoms with Crippen molar-refractivity contribution in [3.8, 4) is 11.5 Å². The topological polar surface area (TPSA) is 76.1 Å². The van der Waals surface area contributed by atoms with E-state index in [0.717, 1.165) is 18.4 Å². The van der Waals surface area contributed by atoms with Gasteiger partial charge in [-0.2, -0.15) is 0 Å². The number of benzene rings is 2. The first-order valence-corrected chi connectivity index (χ1v) is 11.0. The van der Waals surface area contributed by atoms with E-state index in [9.17, 15) is 14.7 Å². The van der Waals surface area contributed by atoms with Gasteiger partial charge in [-0.3, -0.25) is 9.59 Å². The van der Waals surface area contributed by atoms with E-state index in [4.69, 9.17) is 9.47 Å². The van der Waals surface area contributed by atoms with Crippen LogP contribution in [-0.2, 0) is 9.59 Å². The maximum absolute atomic E-state index is 13.2. The maximum Gasteiger partial charge on any atom is 0.295 e. The van der Waals surface area contributed by atoms with E-state index >= 15 is 0 Å². The van der Waals surface area contributed by atoms with Gasteiger partial charge in [0.25, 0.3) is 11.7 Å². The van der Waals surface area contributed by atoms with E-state index in [2.05, 4.69) is 0 Å². The Morgan fingerprint density at radius 3 is 2.50 bits per heavy atom. The number of nitrogens with zero attached hydrogens (tertiary/aromatic N) is 1. The van der Waals surface area contributed by atoms with Gasteiger partial charge < -0.3 is 19.5 Å². The second kappa shape index (κ2) is 9.90. The van der Waals surface area contributed by atoms with Gasteiger partial charge in [0.1, 0.15) is 17.3 Å². The van der Waals surface area contributed by atoms with Crippen LogP contribution in [0.15, 0.2) is 48.0 Å². The number of Topliss-reactive ketones (excluding diaryl/α,β-unsaturated/α-hetero) is 1. The molecule has 2 aromatic rings. The molecular formula is C26H31NO5. The number of carbonyl (C=O) groups is 2. The van der Waals surface area contributed by atoms with Crippen molar-refractivity contribution in [3.63, 3.8) is 0 Å². The molecule has 1 unspecified atom stereocenters. The van der Waals surface area contributed by atoms with Crippen molar-refractivity contribution in [2.45, 2.75) is 52.7 Å². The molecule has 2 aromatic carbocycles. The molecule has 1 fully saturated rings. The Kier molecular flexibility index (Phi) is 7.23. The molecule has 1 saturated heterocycles. The smallest absolute Gasteiger partial charge is 0.295 e. The zero-order valence-electron chi connectivity index (χ0n) is 19.3. The second-order valence-electron chi connectivity index (χ2n) is 8.25. The monoisotopic (exact) mass is 437 g/mol. The summed E-state index contributed by atoms with van der Waals surface area (Å²) in [6.45, 7) is 8.16. The van der Waals surface area contributed by atoms with Gasteiger partial charge in [0, 0.05) is 12.1 Å². The number of hydrogen-bond acceptors (Lipinski definition) is 5. The van der Waals surface area contributed by atoms with Crippen LogP contribution in [0.5, 0.6) is 11.5 Å². The lowest BCUT2D eigenvalue weighted by Gasteiger charge is -2.27. The Bertz CT molecular complexity index is 1040. The second-order valence-corrected chi connectivity index (χ2v) is 8.25. The SMILES string of the molecule is CCCCN1C(=O)C(=O)/C(=C(/O)c2cc(C)ccc2OC)C1c1ccccc1OC(C)C. The van der Waals surface area contributed by atoms with Crippen molar-refractivity contribution in [1.29, 1.82) is 0 Å². The van der Waals surface area contributed by atoms with E-state index in [-0.39, 0.29) is 17.4 Å². The largest absolute Gasteiger partial charge is 0.507 e. The number of rotatable bonds is 8. The Labute approximate surface area is 189 Å². The molecule has 0 saturated carbocycles. The first-order valence-electron chi connectivity index (χ1n) is 11.0. The van der Waals surface area contributed by atoms with Crippen LogP contribution in [-0.4, -0.2) is 41.5 Å². The van der Waals surface area contributed by atoms with Gasteiger partial charge in [-0.05, 0) is 45.4 Å². The number of methoxy groups -OCH3 is 1. The number of ether oxygens (including phenoxy) is 2. The fraction of sp³-hybridized carbons (Fsp3) is 0.385. The summed E-state index contributed by atoms with van der Waals surface area (Å²) in [7, 11) is 1.50. The Morgan fingerprint density at radius 1 is 1.12 bits per heavy atom. The van der Waals surface area contributed by atoms with Crippen molar-refractivity contribution in [1.82, 2.24) is 4.90 Å². The Hall–Kier alpha value is -3.28. The van der Waals surface area contributed by atoms with Crippen molar-refractivity contribution >= 4 is 17.4 Å². The number of aliphatic hydroxyl groups is 1. The Morgan fingerprint density at radius 2 is 1.84 bits per heavy atom. The highest BCUT2D eigenvalue weighted by atomic mass is 16.5. The summed E-state index contributed by atoms with van der Waals surface area (Å²) < 4.78 is 11.4. The van der Waals surface area contributed by atoms with Crippen molar-refractivity contribution < 1.29 is 24.2 Å². The third-order valence-corrected chi connectivity index (χ3v) is 5.48. The molecule has 0 aromatic heterocycles. The molecule has 6 heteroatoms. The normalized spacial score (nSPS) is 17.8. The van der Waals surface area contributed by atoms with E-state index < -0.39 is 17.7 Å². The highest BCUT2D eigenvalue weighted by molar-refractivity contribution is 6.46. The summed E-state index contributed by atoms with van der Waals surface area (Å²) in [4.78, 5) is 27.8. The molecule has 3 rings (SSSR count). The number of unbranched alkanes of at least 4 members (excludes halogenated alkanes) is 1. The van der Waals surface area contributed by atoms with Crippen molar-refractivity contribution in [2.75, 3.05) is 13.7 Å². The lowest BCUT2D eigenvalue weighted by molar-refractivity contribution is -0.139. The molecule has 0 radical (unpaired) electrons. The molecule has 1 N–H and O–H groups in total. The zero-order chi connectivity index (χ0) is 23.4. The van der Waals surface area contributed by atoms with E-state index in [1.54, 1.807) is 17.0 Å². The van der Waals surface area contributed by atoms with Gasteiger partial charge in [0.2, 0.25) is 0 Å². The van der Waals surface area contributed by atoms with Crippen LogP contribution in [0.4, 0.5) is 0 Å². The lowest BCUT2D eigenvalue weighted by Crippen LogP contribution is -2.31. The summed E-state index contributed by atoms with van der Waals surface area (Å²) in [6, 6.07) is 12.0. The van der Waals surface area contributed by atoms with Crippen molar-refractivity contribution in [3.05, 3.63) is 64.7 Å². The minimum absolute atomic E-state index is 0.0507. The van der Waals surface area contributed by atoms with Crippen LogP contribution in [0.1, 0.15) is 56.3 Å². The molecule has 1 aliphatic heterocycles. The molecule has 170 valence electrons. The van der Waals surface area contributed by atoms with E-state index in [1.807, 2.05) is 58.0 Å². The summed E-state index contributed by atoms with van der Waals surface area (Å²) >= 11 is 0. The highest BCUT2D eigenvalue weighted by Gasteiger charge is 2.47. The summed E-state index contributed by atoms with van der Waals surface area (Å²) in [5.41, 5.74) is 2.00. The molecule has 1 amide bonds. The first kappa shape index (κ1) is 23.4. The van der Waals surface area contributed by atoms with Gasteiger partial charge >= 0.3 is 0 Å². The molecule has 6 nitrogen and oxygen atoms in total. The fourth-order valence-corrected chi connectivity index (χ4v) is 3.98. The van der Waals surface area contributed by atoms with Crippen molar-refractivity contribution in [2.24, 2.45) is 0 Å². The number of amides is 1. The quantitative estimate of drug-likeness (QED) is 0.357. The minimum atomic E-state index is -0.748. The molecular weight excluding hydrogens is 406 g/mol. The number of aliphatic hydroxyl groups excluding tert-OH is 1. The number of hydrogen-bond donors (Lipinski definition) is 1. The first-order chi connectivity index (χ1) is 15.3. The number of aryl methyl sites for hydroxylation is 1. The van der Waals surface area contributed by atoms with Gasteiger partial charge in [0.05, 0.1) is 30.4 Å². The maximum atomic E-state index is 13.2. The highest BCUT2D eigenvalue weighted by Crippen LogP contribution is 2.44. The Balaban J connectivity index is 2.26. The third kappa shape index (κ3) is 4.49. The lowest BCUT2D eigenvalue weighted by atomic mass is 9.93. The van der Waals surface area contributed by atoms with Gasteiger partial charge in [-0.1, -0.05) is 43.2 Å². The van der Waals surface area contributed by atoms with Crippen LogP contribution in [0.2, 0.25) is 0 Å². The third-order valence-electron chi connectivity index (χ3n) is 5.48. The zero-order valence-corrected chi connectivity index (χ0v) is 19.3. The van der Waals surface area contributed by atoms with Gasteiger partial charge in [0.15, 0.2) is 0 Å². The molecule has 1 aliphatic rings. The predicted octanol–water partition coefficient (Wildman–Crippen LogP) is 5.01. The predicted molar refractivity (Wildman–Crippen MR) is 124 cm³/mol. The minimum Gasteiger partial charge on any atom is -0.507 e. The number of para-hydroxylation sites is 1. The van der Waals surface area contributed by atoms with Crippen LogP contribution >= 0.6 is 0 Å². The number of likely N-dealkylation sites (tertiary alicyclic amines) is 1. The average Bonchev–Trinajstić information content (AvgIpc) is 3.01. The molecule has 32 heavy (non-hydrogen) atoms. The van der Waals surface area contributed by atoms with Crippen LogP contribution < -0.4 is 9.47 Å². The standard InChI is InChI=1S/C26H31NO5/c1-6-7-14-27-23(18-10-8-9-11-21(18)32-16(2)3)22(25(29)26(27)30)24(28)19-15-17(4)12-13-20(19)31-5/h8-13,15-16,23,28H,6-7,14H2,1-5H3/b24-22+. The molecule has 0 spiro atoms. The van der Waals surface area contributed by atoms with E-state index in [0.29, 0.717) is 29.2 Å².